The topological polar surface area (TPSA) is 90.9 Å². The molecule has 0 bridgehead atoms. The third-order valence-corrected chi connectivity index (χ3v) is 2.17. The molecule has 0 radical (unpaired) electrons. The standard InChI is InChI=1S/C8H14O6S.C2H7N/c1-5-12-15(10,11)14-7(4)13-8(9)6(2)3;1-3-2/h7H,2,5H2,1,3-4H3;3H,1-2H3. The molecule has 1 atom stereocenters. The second-order valence-electron chi connectivity index (χ2n) is 3.16. The summed E-state index contributed by atoms with van der Waals surface area (Å²) in [6, 6.07) is 0. The lowest BCUT2D eigenvalue weighted by atomic mass is 10.4. The van der Waals surface area contributed by atoms with Crippen LogP contribution in [0.15, 0.2) is 12.2 Å². The third kappa shape index (κ3) is 11.5. The van der Waals surface area contributed by atoms with E-state index in [4.69, 9.17) is 0 Å². The number of nitrogens with one attached hydrogen (secondary N) is 1. The average molecular weight is 283 g/mol. The van der Waals surface area contributed by atoms with Gasteiger partial charge in [-0.25, -0.2) is 13.2 Å². The van der Waals surface area contributed by atoms with Crippen LogP contribution in [0.4, 0.5) is 0 Å². The number of ether oxygens (including phenoxy) is 1. The SMILES string of the molecule is C=C(C)C(=O)OC(C)OS(=O)(=O)OCC.CNC. The van der Waals surface area contributed by atoms with E-state index in [1.807, 2.05) is 14.1 Å². The molecule has 0 spiro atoms. The molecule has 0 saturated heterocycles. The second-order valence-corrected chi connectivity index (χ2v) is 4.41. The minimum atomic E-state index is -4.11. The smallest absolute Gasteiger partial charge is 0.403 e. The van der Waals surface area contributed by atoms with Gasteiger partial charge in [0.2, 0.25) is 6.29 Å². The lowest BCUT2D eigenvalue weighted by Crippen LogP contribution is -2.23. The summed E-state index contributed by atoms with van der Waals surface area (Å²) in [7, 11) is -0.359. The van der Waals surface area contributed by atoms with Gasteiger partial charge in [0, 0.05) is 5.57 Å². The molecular formula is C10H21NO6S. The summed E-state index contributed by atoms with van der Waals surface area (Å²) in [5.41, 5.74) is 0.152. The number of carbonyl (C=O) groups excluding carboxylic acids is 1. The summed E-state index contributed by atoms with van der Waals surface area (Å²) in [6.45, 7) is 7.47. The third-order valence-electron chi connectivity index (χ3n) is 1.14. The van der Waals surface area contributed by atoms with E-state index in [1.165, 1.54) is 20.8 Å². The zero-order chi connectivity index (χ0) is 14.8. The molecule has 0 heterocycles. The quantitative estimate of drug-likeness (QED) is 0.433. The fraction of sp³-hybridized carbons (Fsp3) is 0.700. The maximum absolute atomic E-state index is 11.0. The van der Waals surface area contributed by atoms with E-state index in [0.717, 1.165) is 0 Å². The van der Waals surface area contributed by atoms with Crippen LogP contribution in [0.5, 0.6) is 0 Å². The Labute approximate surface area is 108 Å². The highest BCUT2D eigenvalue weighted by molar-refractivity contribution is 7.81. The number of carbonyl (C=O) groups is 1. The Kier molecular flexibility index (Phi) is 10.8. The first kappa shape index (κ1) is 19.4. The molecule has 0 aromatic rings. The first-order valence-electron chi connectivity index (χ1n) is 5.22. The number of hydrogen-bond donors (Lipinski definition) is 1. The van der Waals surface area contributed by atoms with Gasteiger partial charge in [-0.05, 0) is 34.9 Å². The molecule has 18 heavy (non-hydrogen) atoms. The molecule has 0 aliphatic carbocycles. The Hall–Kier alpha value is -0.960. The van der Waals surface area contributed by atoms with Crippen LogP contribution in [-0.4, -0.2) is 41.4 Å². The van der Waals surface area contributed by atoms with Crippen LogP contribution < -0.4 is 5.32 Å². The predicted octanol–water partition coefficient (Wildman–Crippen LogP) is 0.585. The van der Waals surface area contributed by atoms with Crippen molar-refractivity contribution >= 4 is 16.4 Å². The molecule has 0 aromatic heterocycles. The molecule has 8 heteroatoms. The fourth-order valence-electron chi connectivity index (χ4n) is 0.609. The van der Waals surface area contributed by atoms with E-state index in [2.05, 4.69) is 25.0 Å². The highest BCUT2D eigenvalue weighted by Gasteiger charge is 2.19. The summed E-state index contributed by atoms with van der Waals surface area (Å²) in [5.74, 6) is -0.728. The molecule has 1 unspecified atom stereocenters. The van der Waals surface area contributed by atoms with E-state index in [1.54, 1.807) is 0 Å². The van der Waals surface area contributed by atoms with Crippen molar-refractivity contribution in [1.82, 2.24) is 5.32 Å². The van der Waals surface area contributed by atoms with Gasteiger partial charge in [0.1, 0.15) is 0 Å². The lowest BCUT2D eigenvalue weighted by molar-refractivity contribution is -0.156. The van der Waals surface area contributed by atoms with E-state index in [0.29, 0.717) is 0 Å². The van der Waals surface area contributed by atoms with Crippen molar-refractivity contribution in [2.24, 2.45) is 0 Å². The highest BCUT2D eigenvalue weighted by Crippen LogP contribution is 2.05. The van der Waals surface area contributed by atoms with Crippen LogP contribution in [0.2, 0.25) is 0 Å². The molecule has 0 aromatic carbocycles. The summed E-state index contributed by atoms with van der Waals surface area (Å²) in [6.07, 6.45) is -1.24. The summed E-state index contributed by atoms with van der Waals surface area (Å²) in [4.78, 5) is 11.0. The van der Waals surface area contributed by atoms with Crippen molar-refractivity contribution in [1.29, 1.82) is 0 Å². The first-order chi connectivity index (χ1) is 8.20. The predicted molar refractivity (Wildman–Crippen MR) is 67.0 cm³/mol. The van der Waals surface area contributed by atoms with Crippen LogP contribution in [0.3, 0.4) is 0 Å². The number of hydrogen-bond acceptors (Lipinski definition) is 7. The Morgan fingerprint density at radius 1 is 1.39 bits per heavy atom. The van der Waals surface area contributed by atoms with Crippen molar-refractivity contribution < 1.29 is 26.3 Å². The van der Waals surface area contributed by atoms with Crippen molar-refractivity contribution in [3.8, 4) is 0 Å². The minimum Gasteiger partial charge on any atom is -0.431 e. The van der Waals surface area contributed by atoms with E-state index in [9.17, 15) is 13.2 Å². The maximum Gasteiger partial charge on any atom is 0.403 e. The van der Waals surface area contributed by atoms with Crippen LogP contribution in [0.1, 0.15) is 20.8 Å². The fourth-order valence-corrected chi connectivity index (χ4v) is 1.32. The lowest BCUT2D eigenvalue weighted by Gasteiger charge is -2.12. The van der Waals surface area contributed by atoms with Gasteiger partial charge in [0.15, 0.2) is 0 Å². The van der Waals surface area contributed by atoms with E-state index >= 15 is 0 Å². The summed E-state index contributed by atoms with van der Waals surface area (Å²) in [5, 5.41) is 2.75. The van der Waals surface area contributed by atoms with Gasteiger partial charge in [-0.3, -0.25) is 0 Å². The molecule has 0 fully saturated rings. The molecule has 0 aliphatic heterocycles. The Morgan fingerprint density at radius 2 is 1.83 bits per heavy atom. The molecular weight excluding hydrogens is 262 g/mol. The normalized spacial score (nSPS) is 12.1. The van der Waals surface area contributed by atoms with Gasteiger partial charge in [0.05, 0.1) is 6.61 Å². The molecule has 0 amide bonds. The Morgan fingerprint density at radius 3 is 2.17 bits per heavy atom. The molecule has 0 rings (SSSR count). The maximum atomic E-state index is 11.0. The van der Waals surface area contributed by atoms with Crippen LogP contribution >= 0.6 is 0 Å². The minimum absolute atomic E-state index is 0.0521. The van der Waals surface area contributed by atoms with Crippen LogP contribution in [0.25, 0.3) is 0 Å². The summed E-state index contributed by atoms with van der Waals surface area (Å²) < 4.78 is 35.1. The Bertz CT molecular complexity index is 351. The Balaban J connectivity index is 0. The van der Waals surface area contributed by atoms with Gasteiger partial charge < -0.3 is 10.1 Å². The zero-order valence-corrected chi connectivity index (χ0v) is 12.2. The molecule has 1 N–H and O–H groups in total. The van der Waals surface area contributed by atoms with Gasteiger partial charge >= 0.3 is 16.4 Å². The molecule has 7 nitrogen and oxygen atoms in total. The van der Waals surface area contributed by atoms with Gasteiger partial charge in [-0.2, -0.15) is 8.42 Å². The van der Waals surface area contributed by atoms with Gasteiger partial charge in [-0.1, -0.05) is 6.58 Å². The van der Waals surface area contributed by atoms with E-state index in [-0.39, 0.29) is 12.2 Å². The molecule has 108 valence electrons. The van der Waals surface area contributed by atoms with Gasteiger partial charge in [-0.15, -0.1) is 0 Å². The first-order valence-corrected chi connectivity index (χ1v) is 6.56. The molecule has 0 aliphatic rings. The van der Waals surface area contributed by atoms with Crippen LogP contribution in [-0.2, 0) is 28.3 Å². The average Bonchev–Trinajstić information content (AvgIpc) is 2.16. The molecule has 0 saturated carbocycles. The van der Waals surface area contributed by atoms with Crippen molar-refractivity contribution in [2.75, 3.05) is 20.7 Å². The largest absolute Gasteiger partial charge is 0.431 e. The van der Waals surface area contributed by atoms with Crippen molar-refractivity contribution in [2.45, 2.75) is 27.1 Å². The van der Waals surface area contributed by atoms with Crippen molar-refractivity contribution in [3.05, 3.63) is 12.2 Å². The van der Waals surface area contributed by atoms with Crippen molar-refractivity contribution in [3.63, 3.8) is 0 Å². The monoisotopic (exact) mass is 283 g/mol. The van der Waals surface area contributed by atoms with Gasteiger partial charge in [0.25, 0.3) is 0 Å². The zero-order valence-electron chi connectivity index (χ0n) is 11.3. The number of rotatable bonds is 6. The number of esters is 1. The van der Waals surface area contributed by atoms with E-state index < -0.39 is 22.7 Å². The second kappa shape index (κ2) is 10.0. The highest BCUT2D eigenvalue weighted by atomic mass is 32.3. The van der Waals surface area contributed by atoms with Crippen LogP contribution in [0, 0.1) is 0 Å². The summed E-state index contributed by atoms with van der Waals surface area (Å²) >= 11 is 0.